The molecule has 1 heterocycles. The number of nitroso groups, excluding NO2 is 1. The summed E-state index contributed by atoms with van der Waals surface area (Å²) >= 11 is 0. The van der Waals surface area contributed by atoms with Crippen LogP contribution in [0.2, 0.25) is 0 Å². The van der Waals surface area contributed by atoms with Crippen LogP contribution in [0.25, 0.3) is 5.57 Å². The molecular weight excluding hydrogens is 571 g/mol. The number of esters is 1. The third kappa shape index (κ3) is 10.4. The topological polar surface area (TPSA) is 77.4 Å². The van der Waals surface area contributed by atoms with Gasteiger partial charge in [0, 0.05) is 30.7 Å². The Hall–Kier alpha value is -3.78. The molecule has 2 aromatic rings. The molecular formula is C37H49FN2O5. The molecule has 0 aromatic heterocycles. The van der Waals surface area contributed by atoms with Gasteiger partial charge in [-0.1, -0.05) is 50.8 Å². The molecule has 1 fully saturated rings. The molecule has 1 atom stereocenters. The smallest absolute Gasteiger partial charge is 0.340 e. The maximum Gasteiger partial charge on any atom is 0.340 e. The summed E-state index contributed by atoms with van der Waals surface area (Å²) in [4.78, 5) is 28.0. The number of carbonyl (C=O) groups excluding carboxylic acids is 1. The zero-order chi connectivity index (χ0) is 33.4. The molecule has 244 valence electrons. The van der Waals surface area contributed by atoms with Crippen molar-refractivity contribution >= 4 is 11.5 Å². The van der Waals surface area contributed by atoms with E-state index in [1.54, 1.807) is 39.0 Å². The van der Waals surface area contributed by atoms with Crippen molar-refractivity contribution in [1.29, 1.82) is 0 Å². The van der Waals surface area contributed by atoms with Gasteiger partial charge in [-0.3, -0.25) is 0 Å². The van der Waals surface area contributed by atoms with Crippen LogP contribution < -0.4 is 4.74 Å². The van der Waals surface area contributed by atoms with E-state index in [0.29, 0.717) is 48.7 Å². The Kier molecular flexibility index (Phi) is 12.3. The van der Waals surface area contributed by atoms with Crippen LogP contribution in [0.3, 0.4) is 0 Å². The highest BCUT2D eigenvalue weighted by Gasteiger charge is 2.36. The number of hydrogen-bond donors (Lipinski definition) is 0. The van der Waals surface area contributed by atoms with E-state index < -0.39 is 17.7 Å². The third-order valence-corrected chi connectivity index (χ3v) is 7.70. The summed E-state index contributed by atoms with van der Waals surface area (Å²) in [6.07, 6.45) is 2.67. The number of halogens is 1. The molecule has 7 nitrogen and oxygen atoms in total. The Morgan fingerprint density at radius 3 is 2.18 bits per heavy atom. The normalized spacial score (nSPS) is 16.8. The maximum absolute atomic E-state index is 13.6. The minimum absolute atomic E-state index is 0.155. The highest BCUT2D eigenvalue weighted by atomic mass is 19.1. The van der Waals surface area contributed by atoms with Crippen molar-refractivity contribution in [2.45, 2.75) is 92.5 Å². The molecule has 0 amide bonds. The SMILES string of the molecule is C=C/C(=C(\C(=C(\C)N=O)c1ccc(OCCc2ccc(F)cc2)cc1)N1CCC(C)(C)CC1)[C@H](OC(C)(C)C)C(=O)OC(C)C. The zero-order valence-corrected chi connectivity index (χ0v) is 28.1. The number of carbonyl (C=O) groups is 1. The molecule has 0 aliphatic carbocycles. The van der Waals surface area contributed by atoms with E-state index in [1.807, 2.05) is 45.0 Å². The van der Waals surface area contributed by atoms with Gasteiger partial charge in [-0.15, -0.1) is 4.91 Å². The lowest BCUT2D eigenvalue weighted by molar-refractivity contribution is -0.166. The maximum atomic E-state index is 13.6. The van der Waals surface area contributed by atoms with E-state index in [2.05, 4.69) is 30.5 Å². The van der Waals surface area contributed by atoms with Crippen LogP contribution in [-0.2, 0) is 20.7 Å². The lowest BCUT2D eigenvalue weighted by Crippen LogP contribution is -2.41. The van der Waals surface area contributed by atoms with Crippen molar-refractivity contribution in [3.05, 3.63) is 100 Å². The van der Waals surface area contributed by atoms with Gasteiger partial charge in [-0.2, -0.15) is 0 Å². The highest BCUT2D eigenvalue weighted by Crippen LogP contribution is 2.40. The summed E-state index contributed by atoms with van der Waals surface area (Å²) in [6, 6.07) is 13.8. The van der Waals surface area contributed by atoms with Crippen LogP contribution >= 0.6 is 0 Å². The Labute approximate surface area is 268 Å². The van der Waals surface area contributed by atoms with E-state index in [-0.39, 0.29) is 23.0 Å². The summed E-state index contributed by atoms with van der Waals surface area (Å²) in [6.45, 7) is 21.4. The van der Waals surface area contributed by atoms with Gasteiger partial charge in [0.05, 0.1) is 29.7 Å². The molecule has 2 aromatic carbocycles. The van der Waals surface area contributed by atoms with E-state index >= 15 is 0 Å². The average Bonchev–Trinajstić information content (AvgIpc) is 2.97. The van der Waals surface area contributed by atoms with Gasteiger partial charge in [-0.05, 0) is 100 Å². The fraction of sp³-hybridized carbons (Fsp3) is 0.486. The minimum Gasteiger partial charge on any atom is -0.493 e. The quantitative estimate of drug-likeness (QED) is 0.127. The average molecular weight is 621 g/mol. The molecule has 1 aliphatic heterocycles. The number of allylic oxidation sites excluding steroid dienone is 2. The molecule has 3 rings (SSSR count). The van der Waals surface area contributed by atoms with E-state index in [0.717, 1.165) is 24.0 Å². The lowest BCUT2D eigenvalue weighted by atomic mass is 9.81. The Bertz CT molecular complexity index is 1380. The molecule has 1 aliphatic rings. The molecule has 0 spiro atoms. The zero-order valence-electron chi connectivity index (χ0n) is 28.1. The predicted molar refractivity (Wildman–Crippen MR) is 178 cm³/mol. The molecule has 0 unspecified atom stereocenters. The fourth-order valence-corrected chi connectivity index (χ4v) is 5.25. The van der Waals surface area contributed by atoms with Gasteiger partial charge in [0.1, 0.15) is 11.6 Å². The summed E-state index contributed by atoms with van der Waals surface area (Å²) in [5.74, 6) is -0.139. The van der Waals surface area contributed by atoms with Gasteiger partial charge in [0.25, 0.3) is 0 Å². The first-order chi connectivity index (χ1) is 21.1. The molecule has 0 bridgehead atoms. The van der Waals surface area contributed by atoms with E-state index in [4.69, 9.17) is 14.2 Å². The summed E-state index contributed by atoms with van der Waals surface area (Å²) in [5.41, 5.74) is 3.25. The number of benzene rings is 2. The lowest BCUT2D eigenvalue weighted by Gasteiger charge is -2.41. The summed E-state index contributed by atoms with van der Waals surface area (Å²) in [5, 5.41) is 3.38. The molecule has 45 heavy (non-hydrogen) atoms. The Morgan fingerprint density at radius 2 is 1.67 bits per heavy atom. The number of rotatable bonds is 13. The predicted octanol–water partition coefficient (Wildman–Crippen LogP) is 8.64. The Morgan fingerprint density at radius 1 is 1.07 bits per heavy atom. The second-order valence-electron chi connectivity index (χ2n) is 13.6. The Balaban J connectivity index is 2.10. The van der Waals surface area contributed by atoms with Crippen LogP contribution in [0.1, 0.15) is 79.4 Å². The van der Waals surface area contributed by atoms with Crippen LogP contribution in [0.15, 0.2) is 83.3 Å². The van der Waals surface area contributed by atoms with Crippen LogP contribution in [0.4, 0.5) is 4.39 Å². The van der Waals surface area contributed by atoms with Gasteiger partial charge < -0.3 is 19.1 Å². The monoisotopic (exact) mass is 620 g/mol. The van der Waals surface area contributed by atoms with Gasteiger partial charge in [0.15, 0.2) is 6.10 Å². The van der Waals surface area contributed by atoms with Crippen LogP contribution in [0.5, 0.6) is 5.75 Å². The van der Waals surface area contributed by atoms with Crippen molar-refractivity contribution < 1.29 is 23.4 Å². The third-order valence-electron chi connectivity index (χ3n) is 7.70. The first kappa shape index (κ1) is 35.7. The van der Waals surface area contributed by atoms with Crippen molar-refractivity contribution in [3.63, 3.8) is 0 Å². The molecule has 0 N–H and O–H groups in total. The molecule has 0 radical (unpaired) electrons. The van der Waals surface area contributed by atoms with Gasteiger partial charge in [-0.25, -0.2) is 9.18 Å². The summed E-state index contributed by atoms with van der Waals surface area (Å²) < 4.78 is 31.3. The first-order valence-corrected chi connectivity index (χ1v) is 15.7. The van der Waals surface area contributed by atoms with Gasteiger partial charge in [0.2, 0.25) is 0 Å². The second kappa shape index (κ2) is 15.5. The van der Waals surface area contributed by atoms with Crippen molar-refractivity contribution in [2.75, 3.05) is 19.7 Å². The van der Waals surface area contributed by atoms with Crippen molar-refractivity contribution in [3.8, 4) is 5.75 Å². The minimum atomic E-state index is -1.08. The van der Waals surface area contributed by atoms with Gasteiger partial charge >= 0.3 is 5.97 Å². The standard InChI is InChI=1S/C37H49FN2O5/c1-10-31(34(45-36(5,6)7)35(41)44-25(2)3)33(40-22-20-37(8,9)21-23-40)32(26(4)39-42)28-13-17-30(18-14-28)43-24-19-27-11-15-29(38)16-12-27/h10-18,25,34H,1,19-24H2,2-9H3/b32-26-,33-31-/t34-/m0/s1. The summed E-state index contributed by atoms with van der Waals surface area (Å²) in [7, 11) is 0. The van der Waals surface area contributed by atoms with E-state index in [1.165, 1.54) is 12.1 Å². The van der Waals surface area contributed by atoms with Crippen molar-refractivity contribution in [2.24, 2.45) is 10.6 Å². The first-order valence-electron chi connectivity index (χ1n) is 15.7. The van der Waals surface area contributed by atoms with Crippen molar-refractivity contribution in [1.82, 2.24) is 4.90 Å². The fourth-order valence-electron chi connectivity index (χ4n) is 5.25. The largest absolute Gasteiger partial charge is 0.493 e. The number of ether oxygens (including phenoxy) is 3. The number of likely N-dealkylation sites (tertiary alicyclic amines) is 1. The van der Waals surface area contributed by atoms with Crippen LogP contribution in [0, 0.1) is 16.1 Å². The number of hydrogen-bond acceptors (Lipinski definition) is 7. The number of nitrogens with zero attached hydrogens (tertiary/aromatic N) is 2. The van der Waals surface area contributed by atoms with E-state index in [9.17, 15) is 14.1 Å². The van der Waals surface area contributed by atoms with Crippen LogP contribution in [-0.4, -0.2) is 48.4 Å². The molecule has 1 saturated heterocycles. The number of piperidine rings is 1. The molecule has 8 heteroatoms. The second-order valence-corrected chi connectivity index (χ2v) is 13.6. The highest BCUT2D eigenvalue weighted by molar-refractivity contribution is 5.87. The molecule has 0 saturated carbocycles.